The zero-order valence-electron chi connectivity index (χ0n) is 12.0. The third-order valence-electron chi connectivity index (χ3n) is 3.44. The molecule has 2 aromatic heterocycles. The highest BCUT2D eigenvalue weighted by Crippen LogP contribution is 2.23. The van der Waals surface area contributed by atoms with Gasteiger partial charge in [-0.3, -0.25) is 19.8 Å². The summed E-state index contributed by atoms with van der Waals surface area (Å²) in [5, 5.41) is 20.0. The molecule has 0 bridgehead atoms. The second kappa shape index (κ2) is 5.84. The first kappa shape index (κ1) is 14.6. The second-order valence-electron chi connectivity index (χ2n) is 5.00. The third-order valence-corrected chi connectivity index (χ3v) is 3.44. The van der Waals surface area contributed by atoms with Crippen molar-refractivity contribution in [1.29, 1.82) is 0 Å². The lowest BCUT2D eigenvalue weighted by Crippen LogP contribution is -2.24. The average molecular weight is 314 g/mol. The van der Waals surface area contributed by atoms with Gasteiger partial charge in [-0.05, 0) is 30.2 Å². The summed E-state index contributed by atoms with van der Waals surface area (Å²) in [4.78, 5) is 33.8. The smallest absolute Gasteiger partial charge is 0.328 e. The van der Waals surface area contributed by atoms with Crippen molar-refractivity contribution in [2.24, 2.45) is 4.99 Å². The van der Waals surface area contributed by atoms with Crippen LogP contribution in [-0.4, -0.2) is 37.9 Å². The number of aromatic amines is 3. The number of benzene rings is 1. The molecule has 0 radical (unpaired) electrons. The second-order valence-corrected chi connectivity index (χ2v) is 5.00. The number of rotatable bonds is 4. The van der Waals surface area contributed by atoms with Gasteiger partial charge in [0, 0.05) is 29.9 Å². The maximum absolute atomic E-state index is 11.5. The van der Waals surface area contributed by atoms with Crippen molar-refractivity contribution in [1.82, 2.24) is 15.0 Å². The van der Waals surface area contributed by atoms with Crippen molar-refractivity contribution in [3.05, 3.63) is 56.4 Å². The van der Waals surface area contributed by atoms with Crippen LogP contribution in [-0.2, 0) is 6.42 Å². The van der Waals surface area contributed by atoms with Gasteiger partial charge in [0.05, 0.1) is 0 Å². The maximum atomic E-state index is 11.5. The summed E-state index contributed by atoms with van der Waals surface area (Å²) in [6.07, 6.45) is 3.64. The molecule has 23 heavy (non-hydrogen) atoms. The summed E-state index contributed by atoms with van der Waals surface area (Å²) >= 11 is 0. The summed E-state index contributed by atoms with van der Waals surface area (Å²) in [7, 11) is 0. The topological polar surface area (TPSA) is 134 Å². The van der Waals surface area contributed by atoms with Crippen molar-refractivity contribution in [2.75, 3.05) is 6.54 Å². The monoisotopic (exact) mass is 314 g/mol. The molecule has 3 rings (SSSR count). The Morgan fingerprint density at radius 3 is 2.78 bits per heavy atom. The summed E-state index contributed by atoms with van der Waals surface area (Å²) in [5.74, 6) is -0.328. The first-order valence-corrected chi connectivity index (χ1v) is 6.89. The molecule has 0 fully saturated rings. The standard InChI is InChI=1S/C15H14N4O4/c20-9-1-2-12-10(5-9)8(6-17-12)3-4-16-7-11-13(21)18-15(23)19-14(11)22/h1-2,5-7,17,20H,3-4H2,(H3,18,19,21,22,23). The molecular formula is C15H14N4O4. The molecule has 8 heteroatoms. The van der Waals surface area contributed by atoms with Crippen LogP contribution in [0.1, 0.15) is 11.1 Å². The van der Waals surface area contributed by atoms with E-state index in [4.69, 9.17) is 0 Å². The number of fused-ring (bicyclic) bond motifs is 1. The Kier molecular flexibility index (Phi) is 3.71. The van der Waals surface area contributed by atoms with E-state index in [-0.39, 0.29) is 11.3 Å². The number of H-pyrrole nitrogens is 3. The van der Waals surface area contributed by atoms with E-state index in [1.807, 2.05) is 11.2 Å². The SMILES string of the molecule is O=c1[nH]c(O)c(C=NCCc2c[nH]c3ccc(O)cc23)c(=O)[nH]1. The summed E-state index contributed by atoms with van der Waals surface area (Å²) in [6, 6.07) is 5.06. The quantitative estimate of drug-likeness (QED) is 0.451. The number of hydrogen-bond donors (Lipinski definition) is 5. The molecule has 0 aliphatic heterocycles. The normalized spacial score (nSPS) is 11.5. The summed E-state index contributed by atoms with van der Waals surface area (Å²) < 4.78 is 0. The Hall–Kier alpha value is -3.29. The van der Waals surface area contributed by atoms with Crippen LogP contribution >= 0.6 is 0 Å². The van der Waals surface area contributed by atoms with E-state index in [1.165, 1.54) is 6.21 Å². The number of aliphatic imine (C=N–C) groups is 1. The average Bonchev–Trinajstić information content (AvgIpc) is 2.88. The van der Waals surface area contributed by atoms with E-state index in [0.717, 1.165) is 16.5 Å². The first-order valence-electron chi connectivity index (χ1n) is 6.89. The zero-order chi connectivity index (χ0) is 16.4. The van der Waals surface area contributed by atoms with E-state index in [2.05, 4.69) is 15.0 Å². The van der Waals surface area contributed by atoms with Gasteiger partial charge in [-0.1, -0.05) is 0 Å². The van der Waals surface area contributed by atoms with Crippen molar-refractivity contribution in [2.45, 2.75) is 6.42 Å². The Balaban J connectivity index is 1.75. The number of phenolic OH excluding ortho intramolecular Hbond substituents is 1. The highest BCUT2D eigenvalue weighted by Gasteiger charge is 2.06. The molecule has 0 unspecified atom stereocenters. The van der Waals surface area contributed by atoms with Gasteiger partial charge in [-0.2, -0.15) is 0 Å². The number of nitrogens with one attached hydrogen (secondary N) is 3. The molecule has 0 saturated heterocycles. The number of hydrogen-bond acceptors (Lipinski definition) is 5. The lowest BCUT2D eigenvalue weighted by molar-refractivity contribution is 0.447. The number of nitrogens with zero attached hydrogens (tertiary/aromatic N) is 1. The van der Waals surface area contributed by atoms with Gasteiger partial charge in [-0.15, -0.1) is 0 Å². The van der Waals surface area contributed by atoms with Gasteiger partial charge in [0.25, 0.3) is 5.56 Å². The van der Waals surface area contributed by atoms with Gasteiger partial charge in [-0.25, -0.2) is 4.79 Å². The first-order chi connectivity index (χ1) is 11.0. The van der Waals surface area contributed by atoms with Crippen LogP contribution in [0.2, 0.25) is 0 Å². The molecular weight excluding hydrogens is 300 g/mol. The van der Waals surface area contributed by atoms with Gasteiger partial charge in [0.1, 0.15) is 11.3 Å². The number of aromatic hydroxyl groups is 2. The molecule has 5 N–H and O–H groups in total. The maximum Gasteiger partial charge on any atom is 0.328 e. The molecule has 0 saturated carbocycles. The van der Waals surface area contributed by atoms with Crippen molar-refractivity contribution in [3.8, 4) is 11.6 Å². The van der Waals surface area contributed by atoms with E-state index in [0.29, 0.717) is 13.0 Å². The fraction of sp³-hybridized carbons (Fsp3) is 0.133. The largest absolute Gasteiger partial charge is 0.508 e. The summed E-state index contributed by atoms with van der Waals surface area (Å²) in [6.45, 7) is 0.376. The zero-order valence-corrected chi connectivity index (χ0v) is 12.0. The van der Waals surface area contributed by atoms with Crippen LogP contribution in [0, 0.1) is 0 Å². The molecule has 3 aromatic rings. The molecule has 2 heterocycles. The molecule has 118 valence electrons. The van der Waals surface area contributed by atoms with Crippen LogP contribution in [0.25, 0.3) is 10.9 Å². The van der Waals surface area contributed by atoms with Gasteiger partial charge in [0.15, 0.2) is 0 Å². The molecule has 0 spiro atoms. The van der Waals surface area contributed by atoms with E-state index in [9.17, 15) is 19.8 Å². The minimum absolute atomic E-state index is 0.0961. The van der Waals surface area contributed by atoms with Crippen LogP contribution < -0.4 is 11.2 Å². The predicted molar refractivity (Wildman–Crippen MR) is 85.5 cm³/mol. The Morgan fingerprint density at radius 2 is 2.00 bits per heavy atom. The molecule has 1 aromatic carbocycles. The lowest BCUT2D eigenvalue weighted by Gasteiger charge is -1.98. The fourth-order valence-corrected chi connectivity index (χ4v) is 2.32. The molecule has 0 amide bonds. The minimum atomic E-state index is -0.775. The van der Waals surface area contributed by atoms with Crippen LogP contribution in [0.3, 0.4) is 0 Å². The van der Waals surface area contributed by atoms with E-state index in [1.54, 1.807) is 18.2 Å². The van der Waals surface area contributed by atoms with E-state index >= 15 is 0 Å². The van der Waals surface area contributed by atoms with E-state index < -0.39 is 17.1 Å². The lowest BCUT2D eigenvalue weighted by atomic mass is 10.1. The molecule has 0 aliphatic rings. The van der Waals surface area contributed by atoms with Crippen molar-refractivity contribution >= 4 is 17.1 Å². The molecule has 0 atom stereocenters. The van der Waals surface area contributed by atoms with Crippen LogP contribution in [0.4, 0.5) is 0 Å². The fourth-order valence-electron chi connectivity index (χ4n) is 2.32. The Labute approximate surface area is 129 Å². The van der Waals surface area contributed by atoms with Crippen LogP contribution in [0.5, 0.6) is 11.6 Å². The third kappa shape index (κ3) is 3.00. The summed E-state index contributed by atoms with van der Waals surface area (Å²) in [5.41, 5.74) is 0.320. The highest BCUT2D eigenvalue weighted by atomic mass is 16.3. The minimum Gasteiger partial charge on any atom is -0.508 e. The number of aromatic nitrogens is 3. The highest BCUT2D eigenvalue weighted by molar-refractivity contribution is 5.84. The van der Waals surface area contributed by atoms with Crippen molar-refractivity contribution < 1.29 is 10.2 Å². The Bertz CT molecular complexity index is 997. The van der Waals surface area contributed by atoms with Gasteiger partial charge < -0.3 is 15.2 Å². The van der Waals surface area contributed by atoms with Gasteiger partial charge in [0.2, 0.25) is 5.88 Å². The molecule has 0 aliphatic carbocycles. The predicted octanol–water partition coefficient (Wildman–Crippen LogP) is 0.617. The van der Waals surface area contributed by atoms with Crippen molar-refractivity contribution in [3.63, 3.8) is 0 Å². The molecule has 8 nitrogen and oxygen atoms in total. The Morgan fingerprint density at radius 1 is 1.17 bits per heavy atom. The van der Waals surface area contributed by atoms with Crippen LogP contribution in [0.15, 0.2) is 39.0 Å². The number of phenols is 1. The van der Waals surface area contributed by atoms with Gasteiger partial charge >= 0.3 is 5.69 Å².